The molecule has 0 aliphatic rings. The molecular weight excluding hydrogens is 196 g/mol. The molecule has 0 bridgehead atoms. The molecule has 0 heterocycles. The first-order valence-electron chi connectivity index (χ1n) is 4.62. The monoisotopic (exact) mass is 210 g/mol. The Balaban J connectivity index is 2.28. The Bertz CT molecular complexity index is 305. The minimum Gasteiger partial charge on any atom is -0.497 e. The standard InChI is InChI=1S/C11H14O4/c1-9(12)14-7-8-15-11-5-3-10(13-2)4-6-11/h3-6H,7-8H2,1-2H3. The van der Waals surface area contributed by atoms with E-state index >= 15 is 0 Å². The van der Waals surface area contributed by atoms with Crippen LogP contribution in [-0.2, 0) is 9.53 Å². The van der Waals surface area contributed by atoms with Crippen molar-refractivity contribution in [2.45, 2.75) is 6.92 Å². The summed E-state index contributed by atoms with van der Waals surface area (Å²) in [6.45, 7) is 1.99. The molecule has 82 valence electrons. The fourth-order valence-corrected chi connectivity index (χ4v) is 1.02. The van der Waals surface area contributed by atoms with E-state index in [2.05, 4.69) is 0 Å². The molecule has 0 saturated heterocycles. The first kappa shape index (κ1) is 11.4. The lowest BCUT2D eigenvalue weighted by Crippen LogP contribution is -2.09. The molecular formula is C11H14O4. The SMILES string of the molecule is COc1ccc(OCCOC(C)=O)cc1. The molecule has 0 saturated carbocycles. The summed E-state index contributed by atoms with van der Waals surface area (Å²) in [6.07, 6.45) is 0. The molecule has 1 rings (SSSR count). The zero-order valence-electron chi connectivity index (χ0n) is 8.86. The second-order valence-corrected chi connectivity index (χ2v) is 2.86. The summed E-state index contributed by atoms with van der Waals surface area (Å²) < 4.78 is 15.0. The van der Waals surface area contributed by atoms with Gasteiger partial charge in [0, 0.05) is 6.92 Å². The van der Waals surface area contributed by atoms with Gasteiger partial charge in [0.05, 0.1) is 7.11 Å². The molecule has 1 aromatic carbocycles. The Morgan fingerprint density at radius 1 is 1.13 bits per heavy atom. The van der Waals surface area contributed by atoms with Crippen molar-refractivity contribution in [3.63, 3.8) is 0 Å². The maximum absolute atomic E-state index is 10.4. The zero-order chi connectivity index (χ0) is 11.1. The number of ether oxygens (including phenoxy) is 3. The Kier molecular flexibility index (Phi) is 4.47. The minimum atomic E-state index is -0.298. The number of rotatable bonds is 5. The molecule has 15 heavy (non-hydrogen) atoms. The molecule has 0 aliphatic carbocycles. The van der Waals surface area contributed by atoms with Gasteiger partial charge >= 0.3 is 5.97 Å². The molecule has 0 spiro atoms. The molecule has 1 aromatic rings. The third-order valence-electron chi connectivity index (χ3n) is 1.72. The molecule has 0 atom stereocenters. The van der Waals surface area contributed by atoms with Crippen LogP contribution in [-0.4, -0.2) is 26.3 Å². The van der Waals surface area contributed by atoms with E-state index in [4.69, 9.17) is 14.2 Å². The van der Waals surface area contributed by atoms with E-state index in [0.717, 1.165) is 11.5 Å². The van der Waals surface area contributed by atoms with Gasteiger partial charge in [-0.15, -0.1) is 0 Å². The van der Waals surface area contributed by atoms with Gasteiger partial charge in [0.1, 0.15) is 24.7 Å². The van der Waals surface area contributed by atoms with E-state index in [1.54, 1.807) is 31.4 Å². The fourth-order valence-electron chi connectivity index (χ4n) is 1.02. The largest absolute Gasteiger partial charge is 0.497 e. The van der Waals surface area contributed by atoms with Crippen LogP contribution in [0.25, 0.3) is 0 Å². The summed E-state index contributed by atoms with van der Waals surface area (Å²) in [6, 6.07) is 7.21. The molecule has 0 radical (unpaired) electrons. The van der Waals surface area contributed by atoms with Crippen LogP contribution in [0.5, 0.6) is 11.5 Å². The van der Waals surface area contributed by atoms with Gasteiger partial charge in [0.25, 0.3) is 0 Å². The van der Waals surface area contributed by atoms with Gasteiger partial charge in [-0.1, -0.05) is 0 Å². The van der Waals surface area contributed by atoms with Gasteiger partial charge in [-0.05, 0) is 24.3 Å². The van der Waals surface area contributed by atoms with Crippen LogP contribution in [0.15, 0.2) is 24.3 Å². The Morgan fingerprint density at radius 3 is 2.27 bits per heavy atom. The third kappa shape index (κ3) is 4.35. The fraction of sp³-hybridized carbons (Fsp3) is 0.364. The van der Waals surface area contributed by atoms with Gasteiger partial charge in [-0.3, -0.25) is 4.79 Å². The van der Waals surface area contributed by atoms with Crippen molar-refractivity contribution in [1.82, 2.24) is 0 Å². The number of esters is 1. The predicted octanol–water partition coefficient (Wildman–Crippen LogP) is 1.64. The molecule has 0 fully saturated rings. The molecule has 0 aliphatic heterocycles. The van der Waals surface area contributed by atoms with E-state index in [-0.39, 0.29) is 12.6 Å². The number of hydrogen-bond donors (Lipinski definition) is 0. The van der Waals surface area contributed by atoms with Gasteiger partial charge < -0.3 is 14.2 Å². The highest BCUT2D eigenvalue weighted by molar-refractivity contribution is 5.65. The average molecular weight is 210 g/mol. The van der Waals surface area contributed by atoms with Crippen molar-refractivity contribution < 1.29 is 19.0 Å². The highest BCUT2D eigenvalue weighted by Gasteiger charge is 1.96. The summed E-state index contributed by atoms with van der Waals surface area (Å²) in [5, 5.41) is 0. The number of benzene rings is 1. The molecule has 0 unspecified atom stereocenters. The molecule has 0 N–H and O–H groups in total. The normalized spacial score (nSPS) is 9.47. The van der Waals surface area contributed by atoms with Crippen LogP contribution < -0.4 is 9.47 Å². The number of methoxy groups -OCH3 is 1. The molecule has 4 heteroatoms. The van der Waals surface area contributed by atoms with Crippen molar-refractivity contribution in [1.29, 1.82) is 0 Å². The van der Waals surface area contributed by atoms with Crippen molar-refractivity contribution in [2.75, 3.05) is 20.3 Å². The number of hydrogen-bond acceptors (Lipinski definition) is 4. The number of carbonyl (C=O) groups excluding carboxylic acids is 1. The Labute approximate surface area is 88.8 Å². The van der Waals surface area contributed by atoms with Crippen LogP contribution in [0.2, 0.25) is 0 Å². The van der Waals surface area contributed by atoms with Crippen LogP contribution in [0, 0.1) is 0 Å². The molecule has 4 nitrogen and oxygen atoms in total. The first-order chi connectivity index (χ1) is 7.22. The summed E-state index contributed by atoms with van der Waals surface area (Å²) in [5.41, 5.74) is 0. The van der Waals surface area contributed by atoms with Crippen LogP contribution in [0.1, 0.15) is 6.92 Å². The summed E-state index contributed by atoms with van der Waals surface area (Å²) >= 11 is 0. The summed E-state index contributed by atoms with van der Waals surface area (Å²) in [4.78, 5) is 10.4. The average Bonchev–Trinajstić information content (AvgIpc) is 2.25. The van der Waals surface area contributed by atoms with Crippen molar-refractivity contribution >= 4 is 5.97 Å². The van der Waals surface area contributed by atoms with Crippen molar-refractivity contribution in [3.8, 4) is 11.5 Å². The van der Waals surface area contributed by atoms with E-state index in [1.807, 2.05) is 0 Å². The number of carbonyl (C=O) groups is 1. The molecule has 0 amide bonds. The Morgan fingerprint density at radius 2 is 1.73 bits per heavy atom. The van der Waals surface area contributed by atoms with E-state index in [9.17, 15) is 4.79 Å². The van der Waals surface area contributed by atoms with Gasteiger partial charge in [-0.25, -0.2) is 0 Å². The quantitative estimate of drug-likeness (QED) is 0.547. The van der Waals surface area contributed by atoms with Crippen LogP contribution in [0.3, 0.4) is 0 Å². The van der Waals surface area contributed by atoms with E-state index in [0.29, 0.717) is 6.61 Å². The molecule has 0 aromatic heterocycles. The lowest BCUT2D eigenvalue weighted by molar-refractivity contribution is -0.141. The van der Waals surface area contributed by atoms with E-state index < -0.39 is 0 Å². The second-order valence-electron chi connectivity index (χ2n) is 2.86. The lowest BCUT2D eigenvalue weighted by atomic mass is 10.3. The maximum Gasteiger partial charge on any atom is 0.302 e. The Hall–Kier alpha value is -1.71. The maximum atomic E-state index is 10.4. The summed E-state index contributed by atoms with van der Waals surface area (Å²) in [5.74, 6) is 1.21. The van der Waals surface area contributed by atoms with Crippen LogP contribution in [0.4, 0.5) is 0 Å². The van der Waals surface area contributed by atoms with Crippen molar-refractivity contribution in [3.05, 3.63) is 24.3 Å². The minimum absolute atomic E-state index is 0.265. The topological polar surface area (TPSA) is 44.8 Å². The van der Waals surface area contributed by atoms with Crippen LogP contribution >= 0.6 is 0 Å². The first-order valence-corrected chi connectivity index (χ1v) is 4.62. The highest BCUT2D eigenvalue weighted by atomic mass is 16.6. The second kappa shape index (κ2) is 5.90. The third-order valence-corrected chi connectivity index (χ3v) is 1.72. The van der Waals surface area contributed by atoms with Crippen molar-refractivity contribution in [2.24, 2.45) is 0 Å². The lowest BCUT2D eigenvalue weighted by Gasteiger charge is -2.06. The van der Waals surface area contributed by atoms with Gasteiger partial charge in [-0.2, -0.15) is 0 Å². The van der Waals surface area contributed by atoms with Gasteiger partial charge in [0.15, 0.2) is 0 Å². The summed E-state index contributed by atoms with van der Waals surface area (Å²) in [7, 11) is 1.61. The predicted molar refractivity (Wildman–Crippen MR) is 55.1 cm³/mol. The zero-order valence-corrected chi connectivity index (χ0v) is 8.86. The smallest absolute Gasteiger partial charge is 0.302 e. The van der Waals surface area contributed by atoms with Gasteiger partial charge in [0.2, 0.25) is 0 Å². The highest BCUT2D eigenvalue weighted by Crippen LogP contribution is 2.16. The van der Waals surface area contributed by atoms with E-state index in [1.165, 1.54) is 6.92 Å².